The average molecular weight is 335 g/mol. The molecule has 0 bridgehead atoms. The Hall–Kier alpha value is -1.31. The number of nitrogens with one attached hydrogen (secondary N) is 1. The van der Waals surface area contributed by atoms with E-state index in [9.17, 15) is 5.11 Å². The summed E-state index contributed by atoms with van der Waals surface area (Å²) in [5.74, 6) is 3.08. The molecular weight excluding hydrogens is 310 g/mol. The van der Waals surface area contributed by atoms with E-state index in [1.54, 1.807) is 0 Å². The lowest BCUT2D eigenvalue weighted by Gasteiger charge is -2.14. The lowest BCUT2D eigenvalue weighted by molar-refractivity contribution is 0.149. The summed E-state index contributed by atoms with van der Waals surface area (Å²) in [6, 6.07) is 0. The Kier molecular flexibility index (Phi) is 5.40. The van der Waals surface area contributed by atoms with Crippen molar-refractivity contribution in [2.24, 2.45) is 5.92 Å². The maximum absolute atomic E-state index is 10.3. The highest BCUT2D eigenvalue weighted by molar-refractivity contribution is 7.99. The van der Waals surface area contributed by atoms with E-state index in [0.29, 0.717) is 11.7 Å². The Morgan fingerprint density at radius 1 is 1.43 bits per heavy atom. The average Bonchev–Trinajstić information content (AvgIpc) is 3.09. The Morgan fingerprint density at radius 3 is 3.13 bits per heavy atom. The zero-order valence-corrected chi connectivity index (χ0v) is 14.4. The van der Waals surface area contributed by atoms with E-state index < -0.39 is 0 Å². The molecule has 4 N–H and O–H groups in total. The van der Waals surface area contributed by atoms with Crippen molar-refractivity contribution in [2.45, 2.75) is 32.4 Å². The van der Waals surface area contributed by atoms with E-state index in [-0.39, 0.29) is 6.10 Å². The highest BCUT2D eigenvalue weighted by Crippen LogP contribution is 2.26. The maximum atomic E-state index is 10.3. The zero-order valence-electron chi connectivity index (χ0n) is 13.5. The summed E-state index contributed by atoms with van der Waals surface area (Å²) in [6.45, 7) is 4.66. The summed E-state index contributed by atoms with van der Waals surface area (Å²) in [7, 11) is 0. The lowest BCUT2D eigenvalue weighted by Crippen LogP contribution is -2.21. The van der Waals surface area contributed by atoms with Crippen LogP contribution in [0.15, 0.2) is 12.5 Å². The molecule has 126 valence electrons. The summed E-state index contributed by atoms with van der Waals surface area (Å²) in [5.41, 5.74) is 8.66. The fourth-order valence-corrected chi connectivity index (χ4v) is 4.38. The van der Waals surface area contributed by atoms with Crippen LogP contribution in [0, 0.1) is 5.92 Å². The molecule has 1 aliphatic heterocycles. The van der Waals surface area contributed by atoms with E-state index in [4.69, 9.17) is 5.73 Å². The van der Waals surface area contributed by atoms with Crippen LogP contribution in [0.4, 0.5) is 5.82 Å². The van der Waals surface area contributed by atoms with Crippen LogP contribution in [0.25, 0.3) is 11.0 Å². The molecule has 3 heterocycles. The summed E-state index contributed by atoms with van der Waals surface area (Å²) in [5, 5.41) is 10.3. The molecule has 3 rings (SSSR count). The molecule has 0 saturated carbocycles. The topological polar surface area (TPSA) is 91.1 Å². The number of likely N-dealkylation sites (tertiary alicyclic amines) is 1. The molecule has 0 amide bonds. The number of unbranched alkanes of at least 4 members (excludes halogenated alkanes) is 1. The highest BCUT2D eigenvalue weighted by Gasteiger charge is 2.31. The molecule has 1 aliphatic rings. The maximum Gasteiger partial charge on any atom is 0.151 e. The molecule has 1 saturated heterocycles. The number of nitrogens with two attached hydrogens (primary N) is 1. The molecular formula is C16H25N5OS. The first-order valence-electron chi connectivity index (χ1n) is 8.23. The van der Waals surface area contributed by atoms with Crippen molar-refractivity contribution in [3.05, 3.63) is 18.1 Å². The van der Waals surface area contributed by atoms with E-state index in [2.05, 4.69) is 26.8 Å². The molecule has 2 aromatic rings. The van der Waals surface area contributed by atoms with Gasteiger partial charge in [0.2, 0.25) is 0 Å². The smallest absolute Gasteiger partial charge is 0.151 e. The van der Waals surface area contributed by atoms with E-state index in [0.717, 1.165) is 42.0 Å². The van der Waals surface area contributed by atoms with Crippen molar-refractivity contribution in [2.75, 3.05) is 30.3 Å². The highest BCUT2D eigenvalue weighted by atomic mass is 32.2. The SMILES string of the molecule is CCCCSC[C@H]1CN(Cc2c[nH]c3c(N)ncnc23)C[C@H]1O. The Bertz CT molecular complexity index is 646. The molecule has 0 aliphatic carbocycles. The molecule has 0 aromatic carbocycles. The number of nitrogen functional groups attached to an aromatic ring is 1. The third-order valence-corrected chi connectivity index (χ3v) is 5.66. The van der Waals surface area contributed by atoms with Crippen molar-refractivity contribution in [1.82, 2.24) is 19.9 Å². The number of thioether (sulfide) groups is 1. The molecule has 0 spiro atoms. The normalized spacial score (nSPS) is 22.2. The predicted octanol–water partition coefficient (Wildman–Crippen LogP) is 1.87. The fraction of sp³-hybridized carbons (Fsp3) is 0.625. The lowest BCUT2D eigenvalue weighted by atomic mass is 10.1. The van der Waals surface area contributed by atoms with Crippen LogP contribution in [0.2, 0.25) is 0 Å². The van der Waals surface area contributed by atoms with Crippen LogP contribution in [0.1, 0.15) is 25.3 Å². The van der Waals surface area contributed by atoms with Gasteiger partial charge in [-0.1, -0.05) is 13.3 Å². The molecule has 2 aromatic heterocycles. The third-order valence-electron chi connectivity index (χ3n) is 4.42. The van der Waals surface area contributed by atoms with Gasteiger partial charge in [0, 0.05) is 37.3 Å². The van der Waals surface area contributed by atoms with E-state index >= 15 is 0 Å². The minimum atomic E-state index is -0.228. The van der Waals surface area contributed by atoms with Gasteiger partial charge in [-0.2, -0.15) is 11.8 Å². The molecule has 6 nitrogen and oxygen atoms in total. The van der Waals surface area contributed by atoms with Gasteiger partial charge in [0.15, 0.2) is 5.82 Å². The quantitative estimate of drug-likeness (QED) is 0.669. The number of anilines is 1. The molecule has 1 fully saturated rings. The number of β-amino-alcohol motifs (C(OH)–C–C–N with tert-alkyl or cyclic N) is 1. The largest absolute Gasteiger partial charge is 0.391 e. The second kappa shape index (κ2) is 7.51. The van der Waals surface area contributed by atoms with Crippen LogP contribution in [-0.4, -0.2) is 55.7 Å². The standard InChI is InChI=1S/C16H25N5OS/c1-2-3-4-23-9-12-7-21(8-13(12)22)6-11-5-18-15-14(11)19-10-20-16(15)17/h5,10,12-13,18,22H,2-4,6-9H2,1H3,(H2,17,19,20)/t12-,13-/m1/s1. The minimum Gasteiger partial charge on any atom is -0.391 e. The number of hydrogen-bond acceptors (Lipinski definition) is 6. The number of aromatic amines is 1. The fourth-order valence-electron chi connectivity index (χ4n) is 3.09. The number of aliphatic hydroxyl groups is 1. The van der Waals surface area contributed by atoms with Crippen molar-refractivity contribution in [1.29, 1.82) is 0 Å². The van der Waals surface area contributed by atoms with Crippen molar-refractivity contribution in [3.63, 3.8) is 0 Å². The zero-order chi connectivity index (χ0) is 16.2. The first kappa shape index (κ1) is 16.5. The monoisotopic (exact) mass is 335 g/mol. The summed E-state index contributed by atoms with van der Waals surface area (Å²) < 4.78 is 0. The minimum absolute atomic E-state index is 0.228. The van der Waals surface area contributed by atoms with Crippen molar-refractivity contribution < 1.29 is 5.11 Å². The van der Waals surface area contributed by atoms with Gasteiger partial charge in [0.05, 0.1) is 11.6 Å². The van der Waals surface area contributed by atoms with Crippen molar-refractivity contribution in [3.8, 4) is 0 Å². The predicted molar refractivity (Wildman–Crippen MR) is 95.3 cm³/mol. The number of aliphatic hydroxyl groups excluding tert-OH is 1. The first-order valence-corrected chi connectivity index (χ1v) is 9.39. The van der Waals surface area contributed by atoms with Crippen LogP contribution in [0.5, 0.6) is 0 Å². The Balaban J connectivity index is 1.59. The van der Waals surface area contributed by atoms with Gasteiger partial charge in [-0.15, -0.1) is 0 Å². The Morgan fingerprint density at radius 2 is 2.30 bits per heavy atom. The number of aromatic nitrogens is 3. The molecule has 23 heavy (non-hydrogen) atoms. The van der Waals surface area contributed by atoms with Gasteiger partial charge < -0.3 is 15.8 Å². The number of nitrogens with zero attached hydrogens (tertiary/aromatic N) is 3. The second-order valence-electron chi connectivity index (χ2n) is 6.25. The number of hydrogen-bond donors (Lipinski definition) is 3. The van der Waals surface area contributed by atoms with E-state index in [1.807, 2.05) is 18.0 Å². The second-order valence-corrected chi connectivity index (χ2v) is 7.40. The van der Waals surface area contributed by atoms with Gasteiger partial charge in [-0.05, 0) is 17.9 Å². The third kappa shape index (κ3) is 3.79. The first-order chi connectivity index (χ1) is 11.2. The van der Waals surface area contributed by atoms with Gasteiger partial charge in [0.25, 0.3) is 0 Å². The molecule has 0 unspecified atom stereocenters. The number of rotatable bonds is 7. The summed E-state index contributed by atoms with van der Waals surface area (Å²) in [4.78, 5) is 13.8. The van der Waals surface area contributed by atoms with Crippen LogP contribution >= 0.6 is 11.8 Å². The Labute approximate surface area is 140 Å². The molecule has 7 heteroatoms. The van der Waals surface area contributed by atoms with Crippen LogP contribution in [-0.2, 0) is 6.54 Å². The van der Waals surface area contributed by atoms with Crippen molar-refractivity contribution >= 4 is 28.6 Å². The van der Waals surface area contributed by atoms with Crippen LogP contribution in [0.3, 0.4) is 0 Å². The van der Waals surface area contributed by atoms with Gasteiger partial charge in [-0.25, -0.2) is 9.97 Å². The molecule has 2 atom stereocenters. The number of H-pyrrole nitrogens is 1. The van der Waals surface area contributed by atoms with Crippen LogP contribution < -0.4 is 5.73 Å². The van der Waals surface area contributed by atoms with Gasteiger partial charge in [-0.3, -0.25) is 4.90 Å². The number of fused-ring (bicyclic) bond motifs is 1. The molecule has 0 radical (unpaired) electrons. The summed E-state index contributed by atoms with van der Waals surface area (Å²) >= 11 is 1.96. The van der Waals surface area contributed by atoms with E-state index in [1.165, 1.54) is 24.9 Å². The summed E-state index contributed by atoms with van der Waals surface area (Å²) in [6.07, 6.45) is 5.71. The van der Waals surface area contributed by atoms with Gasteiger partial charge in [0.1, 0.15) is 11.8 Å². The van der Waals surface area contributed by atoms with Gasteiger partial charge >= 0.3 is 0 Å².